The molecule has 8 heteroatoms. The molecule has 3 amide bonds. The standard InChI is InChI=1S/C28H32ClN3O4/c1-7-19-11-13-20(14-12-19)24(25(33)31-23-17(2)9-8-10-22(23)29)32(21-15-16-21)26(34)18(3)30-27(35)36-28(4,5)6/h1,8-14,18,21,24H,15-16H2,2-6H3,(H,30,35)(H,31,33). The number of aryl methyl sites for hydroxylation is 1. The van der Waals surface area contributed by atoms with E-state index in [1.165, 1.54) is 0 Å². The third-order valence-corrected chi connectivity index (χ3v) is 6.00. The summed E-state index contributed by atoms with van der Waals surface area (Å²) >= 11 is 6.36. The zero-order valence-electron chi connectivity index (χ0n) is 21.2. The summed E-state index contributed by atoms with van der Waals surface area (Å²) in [5, 5.41) is 5.91. The summed E-state index contributed by atoms with van der Waals surface area (Å²) < 4.78 is 5.30. The van der Waals surface area contributed by atoms with Crippen molar-refractivity contribution in [2.75, 3.05) is 5.32 Å². The lowest BCUT2D eigenvalue weighted by Crippen LogP contribution is -2.52. The van der Waals surface area contributed by atoms with Crippen molar-refractivity contribution in [2.45, 2.75) is 71.2 Å². The molecule has 0 aliphatic heterocycles. The van der Waals surface area contributed by atoms with Crippen molar-refractivity contribution in [3.8, 4) is 12.3 Å². The van der Waals surface area contributed by atoms with E-state index in [9.17, 15) is 14.4 Å². The van der Waals surface area contributed by atoms with Crippen LogP contribution in [0.15, 0.2) is 42.5 Å². The maximum atomic E-state index is 13.8. The molecule has 2 aromatic rings. The number of ether oxygens (including phenoxy) is 1. The van der Waals surface area contributed by atoms with Gasteiger partial charge in [0, 0.05) is 11.6 Å². The van der Waals surface area contributed by atoms with Crippen LogP contribution in [0.25, 0.3) is 0 Å². The summed E-state index contributed by atoms with van der Waals surface area (Å²) in [7, 11) is 0. The largest absolute Gasteiger partial charge is 0.444 e. The zero-order valence-corrected chi connectivity index (χ0v) is 22.0. The molecule has 1 fully saturated rings. The zero-order chi connectivity index (χ0) is 26.6. The second-order valence-electron chi connectivity index (χ2n) is 9.93. The van der Waals surface area contributed by atoms with E-state index in [4.69, 9.17) is 22.8 Å². The highest BCUT2D eigenvalue weighted by Crippen LogP contribution is 2.37. The highest BCUT2D eigenvalue weighted by Gasteiger charge is 2.43. The highest BCUT2D eigenvalue weighted by atomic mass is 35.5. The van der Waals surface area contributed by atoms with Crippen LogP contribution >= 0.6 is 11.6 Å². The van der Waals surface area contributed by atoms with Crippen molar-refractivity contribution >= 4 is 35.2 Å². The number of para-hydroxylation sites is 1. The number of terminal acetylenes is 1. The van der Waals surface area contributed by atoms with Crippen molar-refractivity contribution in [2.24, 2.45) is 0 Å². The van der Waals surface area contributed by atoms with E-state index in [0.717, 1.165) is 18.4 Å². The lowest BCUT2D eigenvalue weighted by atomic mass is 10.0. The smallest absolute Gasteiger partial charge is 0.408 e. The predicted octanol–water partition coefficient (Wildman–Crippen LogP) is 5.21. The van der Waals surface area contributed by atoms with Gasteiger partial charge in [-0.3, -0.25) is 9.59 Å². The molecule has 7 nitrogen and oxygen atoms in total. The predicted molar refractivity (Wildman–Crippen MR) is 141 cm³/mol. The molecule has 0 aromatic heterocycles. The number of carbonyl (C=O) groups is 3. The highest BCUT2D eigenvalue weighted by molar-refractivity contribution is 6.34. The van der Waals surface area contributed by atoms with Crippen molar-refractivity contribution in [3.05, 3.63) is 64.2 Å². The first kappa shape index (κ1) is 27.1. The van der Waals surface area contributed by atoms with E-state index in [2.05, 4.69) is 16.6 Å². The second kappa shape index (κ2) is 11.0. The van der Waals surface area contributed by atoms with Gasteiger partial charge >= 0.3 is 6.09 Å². The van der Waals surface area contributed by atoms with Crippen LogP contribution < -0.4 is 10.6 Å². The van der Waals surface area contributed by atoms with Gasteiger partial charge in [0.25, 0.3) is 5.91 Å². The van der Waals surface area contributed by atoms with Gasteiger partial charge in [-0.1, -0.05) is 41.8 Å². The van der Waals surface area contributed by atoms with Crippen LogP contribution in [-0.4, -0.2) is 40.5 Å². The first-order valence-electron chi connectivity index (χ1n) is 11.9. The number of amides is 3. The molecule has 1 saturated carbocycles. The Kier molecular flexibility index (Phi) is 8.31. The third-order valence-electron chi connectivity index (χ3n) is 5.69. The number of nitrogens with zero attached hydrogens (tertiary/aromatic N) is 1. The molecule has 0 radical (unpaired) electrons. The number of hydrogen-bond donors (Lipinski definition) is 2. The Morgan fingerprint density at radius 1 is 1.14 bits per heavy atom. The van der Waals surface area contributed by atoms with Gasteiger partial charge in [-0.2, -0.15) is 0 Å². The van der Waals surface area contributed by atoms with Gasteiger partial charge in [0.05, 0.1) is 10.7 Å². The minimum absolute atomic E-state index is 0.143. The van der Waals surface area contributed by atoms with Gasteiger partial charge in [0.15, 0.2) is 0 Å². The quantitative estimate of drug-likeness (QED) is 0.501. The van der Waals surface area contributed by atoms with Crippen LogP contribution in [0.5, 0.6) is 0 Å². The summed E-state index contributed by atoms with van der Waals surface area (Å²) in [6, 6.07) is 10.3. The Morgan fingerprint density at radius 3 is 2.31 bits per heavy atom. The molecular formula is C28H32ClN3O4. The Balaban J connectivity index is 1.96. The summed E-state index contributed by atoms with van der Waals surface area (Å²) in [6.07, 6.45) is 6.31. The molecule has 0 saturated heterocycles. The molecule has 3 rings (SSSR count). The van der Waals surface area contributed by atoms with Crippen LogP contribution in [0.4, 0.5) is 10.5 Å². The lowest BCUT2D eigenvalue weighted by molar-refractivity contribution is -0.141. The monoisotopic (exact) mass is 509 g/mol. The third kappa shape index (κ3) is 6.79. The van der Waals surface area contributed by atoms with Gasteiger partial charge in [-0.25, -0.2) is 4.79 Å². The van der Waals surface area contributed by atoms with E-state index in [-0.39, 0.29) is 11.9 Å². The molecule has 190 valence electrons. The van der Waals surface area contributed by atoms with Crippen molar-refractivity contribution in [1.82, 2.24) is 10.2 Å². The minimum Gasteiger partial charge on any atom is -0.444 e. The Labute approximate surface area is 217 Å². The molecule has 0 spiro atoms. The Bertz CT molecular complexity index is 1160. The van der Waals surface area contributed by atoms with E-state index in [1.54, 1.807) is 69.0 Å². The number of anilines is 1. The van der Waals surface area contributed by atoms with Gasteiger partial charge in [0.2, 0.25) is 5.91 Å². The van der Waals surface area contributed by atoms with Crippen LogP contribution in [0.3, 0.4) is 0 Å². The summed E-state index contributed by atoms with van der Waals surface area (Å²) in [5.41, 5.74) is 1.82. The van der Waals surface area contributed by atoms with E-state index < -0.39 is 29.7 Å². The normalized spacial score (nSPS) is 14.7. The number of hydrogen-bond acceptors (Lipinski definition) is 4. The number of rotatable bonds is 7. The fourth-order valence-electron chi connectivity index (χ4n) is 3.82. The van der Waals surface area contributed by atoms with E-state index >= 15 is 0 Å². The molecule has 2 aromatic carbocycles. The fourth-order valence-corrected chi connectivity index (χ4v) is 4.09. The topological polar surface area (TPSA) is 87.7 Å². The molecule has 36 heavy (non-hydrogen) atoms. The number of carbonyl (C=O) groups excluding carboxylic acids is 3. The molecule has 2 unspecified atom stereocenters. The van der Waals surface area contributed by atoms with E-state index in [0.29, 0.717) is 21.8 Å². The molecular weight excluding hydrogens is 478 g/mol. The maximum absolute atomic E-state index is 13.8. The SMILES string of the molecule is C#Cc1ccc(C(C(=O)Nc2c(C)cccc2Cl)N(C(=O)C(C)NC(=O)OC(C)(C)C)C2CC2)cc1. The number of benzene rings is 2. The van der Waals surface area contributed by atoms with Gasteiger partial charge in [0.1, 0.15) is 17.7 Å². The van der Waals surface area contributed by atoms with Crippen molar-refractivity contribution < 1.29 is 19.1 Å². The lowest BCUT2D eigenvalue weighted by Gasteiger charge is -2.34. The Hall–Kier alpha value is -3.50. The first-order valence-corrected chi connectivity index (χ1v) is 12.2. The average Bonchev–Trinajstić information content (AvgIpc) is 3.63. The van der Waals surface area contributed by atoms with E-state index in [1.807, 2.05) is 13.0 Å². The average molecular weight is 510 g/mol. The molecule has 1 aliphatic carbocycles. The summed E-state index contributed by atoms with van der Waals surface area (Å²) in [6.45, 7) is 8.65. The van der Waals surface area contributed by atoms with Crippen LogP contribution in [0, 0.1) is 19.3 Å². The molecule has 1 aliphatic rings. The summed E-state index contributed by atoms with van der Waals surface area (Å²) in [5.74, 6) is 1.76. The second-order valence-corrected chi connectivity index (χ2v) is 10.3. The van der Waals surface area contributed by atoms with Gasteiger partial charge in [-0.05, 0) is 76.8 Å². The van der Waals surface area contributed by atoms with Crippen LogP contribution in [0.2, 0.25) is 5.02 Å². The number of halogens is 1. The molecule has 0 heterocycles. The van der Waals surface area contributed by atoms with Crippen molar-refractivity contribution in [3.63, 3.8) is 0 Å². The van der Waals surface area contributed by atoms with Crippen LogP contribution in [0.1, 0.15) is 63.3 Å². The van der Waals surface area contributed by atoms with Crippen LogP contribution in [-0.2, 0) is 14.3 Å². The van der Waals surface area contributed by atoms with Gasteiger partial charge < -0.3 is 20.3 Å². The molecule has 0 bridgehead atoms. The number of alkyl carbamates (subject to hydrolysis) is 1. The summed E-state index contributed by atoms with van der Waals surface area (Å²) in [4.78, 5) is 41.3. The first-order chi connectivity index (χ1) is 16.9. The molecule has 2 N–H and O–H groups in total. The molecule has 2 atom stereocenters. The van der Waals surface area contributed by atoms with Crippen molar-refractivity contribution in [1.29, 1.82) is 0 Å². The van der Waals surface area contributed by atoms with Gasteiger partial charge in [-0.15, -0.1) is 6.42 Å². The fraction of sp³-hybridized carbons (Fsp3) is 0.393. The Morgan fingerprint density at radius 2 is 1.78 bits per heavy atom. The number of nitrogens with one attached hydrogen (secondary N) is 2. The maximum Gasteiger partial charge on any atom is 0.408 e. The minimum atomic E-state index is -0.963.